The molecular formula is C16H23N3O4. The molecule has 2 amide bonds. The second kappa shape index (κ2) is 7.94. The molecule has 2 heterocycles. The number of hydrogen-bond donors (Lipinski definition) is 1. The fourth-order valence-corrected chi connectivity index (χ4v) is 2.42. The molecule has 0 aromatic heterocycles. The lowest BCUT2D eigenvalue weighted by molar-refractivity contribution is -0.125. The van der Waals surface area contributed by atoms with Crippen LogP contribution >= 0.6 is 0 Å². The van der Waals surface area contributed by atoms with E-state index in [0.717, 1.165) is 17.9 Å². The molecule has 0 bridgehead atoms. The summed E-state index contributed by atoms with van der Waals surface area (Å²) in [6.45, 7) is 6.29. The number of anilines is 2. The minimum atomic E-state index is -0.326. The highest BCUT2D eigenvalue weighted by atomic mass is 16.6. The third-order valence-corrected chi connectivity index (χ3v) is 3.42. The van der Waals surface area contributed by atoms with Crippen LogP contribution in [0.5, 0.6) is 0 Å². The van der Waals surface area contributed by atoms with Crippen LogP contribution in [-0.4, -0.2) is 51.0 Å². The summed E-state index contributed by atoms with van der Waals surface area (Å²) in [6, 6.07) is 7.35. The van der Waals surface area contributed by atoms with Crippen LogP contribution in [0.1, 0.15) is 13.8 Å². The van der Waals surface area contributed by atoms with Crippen LogP contribution in [0, 0.1) is 0 Å². The molecule has 7 heteroatoms. The Morgan fingerprint density at radius 1 is 1.17 bits per heavy atom. The van der Waals surface area contributed by atoms with Gasteiger partial charge in [0.15, 0.2) is 0 Å². The third-order valence-electron chi connectivity index (χ3n) is 3.42. The van der Waals surface area contributed by atoms with Crippen molar-refractivity contribution in [2.24, 2.45) is 5.73 Å². The van der Waals surface area contributed by atoms with Crippen molar-refractivity contribution < 1.29 is 19.1 Å². The van der Waals surface area contributed by atoms with Crippen LogP contribution in [0.25, 0.3) is 0 Å². The van der Waals surface area contributed by atoms with Gasteiger partial charge in [0.25, 0.3) is 5.91 Å². The summed E-state index contributed by atoms with van der Waals surface area (Å²) < 4.78 is 10.2. The summed E-state index contributed by atoms with van der Waals surface area (Å²) in [6.07, 6.45) is -0.421. The second-order valence-electron chi connectivity index (χ2n) is 5.33. The molecule has 7 nitrogen and oxygen atoms in total. The number of carbonyl (C=O) groups excluding carboxylic acids is 2. The van der Waals surface area contributed by atoms with Gasteiger partial charge < -0.3 is 20.1 Å². The van der Waals surface area contributed by atoms with Crippen molar-refractivity contribution in [1.82, 2.24) is 0 Å². The average Bonchev–Trinajstić information content (AvgIpc) is 2.87. The van der Waals surface area contributed by atoms with Crippen LogP contribution in [0.15, 0.2) is 24.3 Å². The van der Waals surface area contributed by atoms with E-state index in [4.69, 9.17) is 15.2 Å². The summed E-state index contributed by atoms with van der Waals surface area (Å²) in [4.78, 5) is 26.7. The minimum absolute atomic E-state index is 0.0433. The molecule has 1 atom stereocenters. The maximum Gasteiger partial charge on any atom is 0.414 e. The normalized spacial score (nSPS) is 20.9. The highest BCUT2D eigenvalue weighted by Gasteiger charge is 2.29. The molecule has 126 valence electrons. The Balaban J connectivity index is 0.000000595. The molecule has 0 aliphatic carbocycles. The van der Waals surface area contributed by atoms with E-state index >= 15 is 0 Å². The van der Waals surface area contributed by atoms with Crippen molar-refractivity contribution in [2.75, 3.05) is 42.6 Å². The number of ether oxygens (including phenoxy) is 2. The highest BCUT2D eigenvalue weighted by Crippen LogP contribution is 2.25. The fraction of sp³-hybridized carbons (Fsp3) is 0.500. The Bertz CT molecular complexity index is 518. The summed E-state index contributed by atoms with van der Waals surface area (Å²) in [5, 5.41) is 0. The van der Waals surface area contributed by atoms with Crippen molar-refractivity contribution in [1.29, 1.82) is 0 Å². The van der Waals surface area contributed by atoms with Crippen molar-refractivity contribution in [3.63, 3.8) is 0 Å². The van der Waals surface area contributed by atoms with Crippen LogP contribution in [0.4, 0.5) is 16.2 Å². The number of morpholine rings is 1. The van der Waals surface area contributed by atoms with Crippen LogP contribution in [0.2, 0.25) is 0 Å². The predicted octanol–water partition coefficient (Wildman–Crippen LogP) is 1.36. The summed E-state index contributed by atoms with van der Waals surface area (Å²) in [7, 11) is 0. The van der Waals surface area contributed by atoms with Gasteiger partial charge in [-0.3, -0.25) is 9.69 Å². The molecule has 23 heavy (non-hydrogen) atoms. The van der Waals surface area contributed by atoms with Crippen LogP contribution < -0.4 is 15.5 Å². The van der Waals surface area contributed by atoms with Crippen molar-refractivity contribution in [3.05, 3.63) is 24.3 Å². The lowest BCUT2D eigenvalue weighted by atomic mass is 10.2. The zero-order chi connectivity index (χ0) is 16.8. The first-order valence-corrected chi connectivity index (χ1v) is 7.73. The number of cyclic esters (lactones) is 1. The van der Waals surface area contributed by atoms with E-state index in [0.29, 0.717) is 19.7 Å². The molecule has 2 aliphatic rings. The van der Waals surface area contributed by atoms with E-state index in [1.54, 1.807) is 9.80 Å². The monoisotopic (exact) mass is 321 g/mol. The van der Waals surface area contributed by atoms with Gasteiger partial charge in [-0.1, -0.05) is 6.92 Å². The first-order chi connectivity index (χ1) is 11.1. The highest BCUT2D eigenvalue weighted by molar-refractivity contribution is 5.95. The standard InChI is InChI=1S/C14H16N2O4.C2H7N/c1-10-8-16(14(18)20-10)12-4-2-11(3-5-12)15-6-7-19-9-13(15)17;1-2-3/h2-5,10H,6-9H2,1H3;2-3H2,1H3. The lowest BCUT2D eigenvalue weighted by Crippen LogP contribution is -2.41. The predicted molar refractivity (Wildman–Crippen MR) is 87.6 cm³/mol. The number of hydrogen-bond acceptors (Lipinski definition) is 5. The maximum atomic E-state index is 11.7. The quantitative estimate of drug-likeness (QED) is 0.889. The van der Waals surface area contributed by atoms with Gasteiger partial charge in [0.2, 0.25) is 0 Å². The third kappa shape index (κ3) is 4.20. The Morgan fingerprint density at radius 3 is 2.22 bits per heavy atom. The van der Waals surface area contributed by atoms with Crippen LogP contribution in [0.3, 0.4) is 0 Å². The number of benzene rings is 1. The summed E-state index contributed by atoms with van der Waals surface area (Å²) in [5.74, 6) is -0.0433. The SMILES string of the molecule is CC1CN(c2ccc(N3CCOCC3=O)cc2)C(=O)O1.CCN. The van der Waals surface area contributed by atoms with Gasteiger partial charge in [0.05, 0.1) is 13.2 Å². The maximum absolute atomic E-state index is 11.7. The number of carbonyl (C=O) groups is 2. The summed E-state index contributed by atoms with van der Waals surface area (Å²) in [5.41, 5.74) is 6.45. The minimum Gasteiger partial charge on any atom is -0.444 e. The van der Waals surface area contributed by atoms with Gasteiger partial charge in [0, 0.05) is 17.9 Å². The molecule has 1 unspecified atom stereocenters. The number of rotatable bonds is 2. The topological polar surface area (TPSA) is 85.1 Å². The Kier molecular flexibility index (Phi) is 5.95. The Morgan fingerprint density at radius 2 is 1.74 bits per heavy atom. The van der Waals surface area contributed by atoms with E-state index in [9.17, 15) is 9.59 Å². The molecule has 2 N–H and O–H groups in total. The molecule has 3 rings (SSSR count). The first kappa shape index (κ1) is 17.2. The van der Waals surface area contributed by atoms with E-state index in [1.807, 2.05) is 38.1 Å². The lowest BCUT2D eigenvalue weighted by Gasteiger charge is -2.27. The molecule has 0 saturated carbocycles. The average molecular weight is 321 g/mol. The van der Waals surface area contributed by atoms with Crippen molar-refractivity contribution in [2.45, 2.75) is 20.0 Å². The number of nitrogens with two attached hydrogens (primary N) is 1. The fourth-order valence-electron chi connectivity index (χ4n) is 2.42. The van der Waals surface area contributed by atoms with Gasteiger partial charge in [-0.25, -0.2) is 4.79 Å². The first-order valence-electron chi connectivity index (χ1n) is 7.73. The van der Waals surface area contributed by atoms with Crippen molar-refractivity contribution >= 4 is 23.4 Å². The van der Waals surface area contributed by atoms with Gasteiger partial charge >= 0.3 is 6.09 Å². The molecule has 0 radical (unpaired) electrons. The van der Waals surface area contributed by atoms with Gasteiger partial charge in [-0.2, -0.15) is 0 Å². The van der Waals surface area contributed by atoms with Gasteiger partial charge in [0.1, 0.15) is 12.7 Å². The van der Waals surface area contributed by atoms with Gasteiger partial charge in [-0.15, -0.1) is 0 Å². The number of amides is 2. The Hall–Kier alpha value is -2.12. The molecular weight excluding hydrogens is 298 g/mol. The largest absolute Gasteiger partial charge is 0.444 e. The van der Waals surface area contributed by atoms with E-state index in [2.05, 4.69) is 0 Å². The smallest absolute Gasteiger partial charge is 0.414 e. The summed E-state index contributed by atoms with van der Waals surface area (Å²) >= 11 is 0. The zero-order valence-electron chi connectivity index (χ0n) is 13.5. The molecule has 0 spiro atoms. The molecule has 1 aromatic carbocycles. The van der Waals surface area contributed by atoms with Crippen LogP contribution in [-0.2, 0) is 14.3 Å². The van der Waals surface area contributed by atoms with E-state index in [1.165, 1.54) is 0 Å². The van der Waals surface area contributed by atoms with E-state index in [-0.39, 0.29) is 24.7 Å². The second-order valence-corrected chi connectivity index (χ2v) is 5.33. The van der Waals surface area contributed by atoms with Gasteiger partial charge in [-0.05, 0) is 37.7 Å². The molecule has 2 aliphatic heterocycles. The molecule has 1 aromatic rings. The zero-order valence-corrected chi connectivity index (χ0v) is 13.5. The van der Waals surface area contributed by atoms with E-state index < -0.39 is 0 Å². The molecule has 2 fully saturated rings. The van der Waals surface area contributed by atoms with Crippen molar-refractivity contribution in [3.8, 4) is 0 Å². The number of nitrogens with zero attached hydrogens (tertiary/aromatic N) is 2. The molecule has 2 saturated heterocycles. The Labute approximate surface area is 135 Å².